The summed E-state index contributed by atoms with van der Waals surface area (Å²) in [5.74, 6) is 0. The number of rotatable bonds is 4. The van der Waals surface area contributed by atoms with Gasteiger partial charge >= 0.3 is 11.2 Å². The van der Waals surface area contributed by atoms with Gasteiger partial charge in [-0.1, -0.05) is 0 Å². The summed E-state index contributed by atoms with van der Waals surface area (Å²) in [6.07, 6.45) is 1.38. The molecule has 2 heterocycles. The van der Waals surface area contributed by atoms with Crippen LogP contribution in [0, 0.1) is 10.1 Å². The lowest BCUT2D eigenvalue weighted by Crippen LogP contribution is -2.46. The summed E-state index contributed by atoms with van der Waals surface area (Å²) < 4.78 is 5.36. The number of thiazole rings is 1. The first-order chi connectivity index (χ1) is 10.7. The molecule has 1 N–H and O–H groups in total. The lowest BCUT2D eigenvalue weighted by molar-refractivity contribution is -0.384. The molecule has 1 aliphatic heterocycles. The number of amides is 1. The highest BCUT2D eigenvalue weighted by atomic mass is 32.1. The highest BCUT2D eigenvalue weighted by Gasteiger charge is 2.27. The molecule has 9 heteroatoms. The molecule has 8 nitrogen and oxygen atoms in total. The average molecular weight is 342 g/mol. The number of hydrogen-bond donors (Lipinski definition) is 1. The molecule has 2 rings (SSSR count). The summed E-state index contributed by atoms with van der Waals surface area (Å²) in [7, 11) is 0. The lowest BCUT2D eigenvalue weighted by Gasteiger charge is -2.33. The van der Waals surface area contributed by atoms with Gasteiger partial charge in [-0.25, -0.2) is 4.79 Å². The van der Waals surface area contributed by atoms with E-state index in [4.69, 9.17) is 4.74 Å². The van der Waals surface area contributed by atoms with E-state index in [2.05, 4.69) is 10.3 Å². The van der Waals surface area contributed by atoms with Crippen LogP contribution in [-0.4, -0.2) is 45.6 Å². The fourth-order valence-electron chi connectivity index (χ4n) is 2.30. The molecular weight excluding hydrogens is 320 g/mol. The molecule has 1 amide bonds. The molecule has 1 aromatic heterocycles. The maximum absolute atomic E-state index is 12.0. The van der Waals surface area contributed by atoms with E-state index in [1.807, 2.05) is 20.8 Å². The number of likely N-dealkylation sites (tertiary alicyclic amines) is 1. The van der Waals surface area contributed by atoms with Gasteiger partial charge in [0.05, 0.1) is 6.54 Å². The van der Waals surface area contributed by atoms with Crippen LogP contribution in [0.4, 0.5) is 9.93 Å². The third-order valence-electron chi connectivity index (χ3n) is 3.41. The van der Waals surface area contributed by atoms with Crippen molar-refractivity contribution in [3.8, 4) is 0 Å². The Kier molecular flexibility index (Phi) is 5.53. The van der Waals surface area contributed by atoms with Crippen molar-refractivity contribution in [3.63, 3.8) is 0 Å². The minimum atomic E-state index is -0.481. The van der Waals surface area contributed by atoms with E-state index in [-0.39, 0.29) is 17.3 Å². The van der Waals surface area contributed by atoms with Crippen LogP contribution in [0.5, 0.6) is 0 Å². The average Bonchev–Trinajstić information content (AvgIpc) is 2.93. The first kappa shape index (κ1) is 17.6. The largest absolute Gasteiger partial charge is 0.444 e. The smallest absolute Gasteiger partial charge is 0.423 e. The SMILES string of the molecule is CC(C)(C)OC(=O)N1CCC(NCc2csc([N+](=O)[O-])n2)CC1. The standard InChI is InChI=1S/C14H22N4O4S/c1-14(2,3)22-13(19)17-6-4-10(5-7-17)15-8-11-9-23-12(16-11)18(20)21/h9-10,15H,4-8H2,1-3H3. The number of hydrogen-bond acceptors (Lipinski definition) is 7. The van der Waals surface area contributed by atoms with Gasteiger partial charge in [0.1, 0.15) is 5.60 Å². The number of nitro groups is 1. The van der Waals surface area contributed by atoms with Gasteiger partial charge in [0, 0.05) is 24.5 Å². The minimum absolute atomic E-state index is 0.0819. The Balaban J connectivity index is 1.74. The van der Waals surface area contributed by atoms with Gasteiger partial charge in [0.15, 0.2) is 5.69 Å². The van der Waals surface area contributed by atoms with E-state index in [1.165, 1.54) is 0 Å². The zero-order chi connectivity index (χ0) is 17.0. The molecule has 0 spiro atoms. The van der Waals surface area contributed by atoms with Gasteiger partial charge in [-0.05, 0) is 54.9 Å². The van der Waals surface area contributed by atoms with Gasteiger partial charge < -0.3 is 25.1 Å². The molecule has 0 aliphatic carbocycles. The summed E-state index contributed by atoms with van der Waals surface area (Å²) in [6, 6.07) is 0.273. The number of piperidine rings is 1. The number of ether oxygens (including phenoxy) is 1. The Labute approximate surface area is 139 Å². The number of aromatic nitrogens is 1. The molecule has 0 aromatic carbocycles. The van der Waals surface area contributed by atoms with Gasteiger partial charge in [-0.3, -0.25) is 0 Å². The highest BCUT2D eigenvalue weighted by molar-refractivity contribution is 7.12. The Bertz CT molecular complexity index is 561. The van der Waals surface area contributed by atoms with Crippen LogP contribution in [0.3, 0.4) is 0 Å². The highest BCUT2D eigenvalue weighted by Crippen LogP contribution is 2.19. The molecule has 0 bridgehead atoms. The summed E-state index contributed by atoms with van der Waals surface area (Å²) in [5.41, 5.74) is 0.196. The number of nitrogens with zero attached hydrogens (tertiary/aromatic N) is 3. The number of carbonyl (C=O) groups is 1. The van der Waals surface area contributed by atoms with Crippen molar-refractivity contribution in [2.24, 2.45) is 0 Å². The van der Waals surface area contributed by atoms with E-state index in [0.717, 1.165) is 24.2 Å². The van der Waals surface area contributed by atoms with Crippen LogP contribution in [0.2, 0.25) is 0 Å². The summed E-state index contributed by atoms with van der Waals surface area (Å²) in [4.78, 5) is 27.8. The molecule has 1 fully saturated rings. The monoisotopic (exact) mass is 342 g/mol. The second kappa shape index (κ2) is 7.22. The van der Waals surface area contributed by atoms with Gasteiger partial charge in [0.25, 0.3) is 0 Å². The molecule has 0 saturated carbocycles. The Morgan fingerprint density at radius 3 is 2.70 bits per heavy atom. The van der Waals surface area contributed by atoms with E-state index >= 15 is 0 Å². The molecule has 128 valence electrons. The summed E-state index contributed by atoms with van der Waals surface area (Å²) >= 11 is 1.03. The van der Waals surface area contributed by atoms with E-state index in [1.54, 1.807) is 10.3 Å². The molecule has 1 saturated heterocycles. The van der Waals surface area contributed by atoms with Crippen molar-refractivity contribution < 1.29 is 14.5 Å². The third kappa shape index (κ3) is 5.43. The van der Waals surface area contributed by atoms with E-state index < -0.39 is 10.5 Å². The number of carbonyl (C=O) groups excluding carboxylic acids is 1. The molecule has 1 aliphatic rings. The normalized spacial score (nSPS) is 16.4. The second-order valence-corrected chi connectivity index (χ2v) is 7.34. The number of nitrogens with one attached hydrogen (secondary N) is 1. The fourth-order valence-corrected chi connectivity index (χ4v) is 2.94. The zero-order valence-corrected chi connectivity index (χ0v) is 14.4. The van der Waals surface area contributed by atoms with Crippen LogP contribution in [0.1, 0.15) is 39.3 Å². The zero-order valence-electron chi connectivity index (χ0n) is 13.6. The maximum atomic E-state index is 12.0. The predicted molar refractivity (Wildman–Crippen MR) is 86.4 cm³/mol. The van der Waals surface area contributed by atoms with Crippen LogP contribution in [-0.2, 0) is 11.3 Å². The lowest BCUT2D eigenvalue weighted by atomic mass is 10.1. The van der Waals surface area contributed by atoms with Gasteiger partial charge in [-0.15, -0.1) is 0 Å². The Morgan fingerprint density at radius 1 is 1.52 bits per heavy atom. The van der Waals surface area contributed by atoms with Crippen molar-refractivity contribution in [1.29, 1.82) is 0 Å². The van der Waals surface area contributed by atoms with Crippen molar-refractivity contribution in [3.05, 3.63) is 21.2 Å². The van der Waals surface area contributed by atoms with Crippen molar-refractivity contribution in [2.45, 2.75) is 51.8 Å². The van der Waals surface area contributed by atoms with Crippen LogP contribution in [0.15, 0.2) is 5.38 Å². The maximum Gasteiger partial charge on any atom is 0.423 e. The van der Waals surface area contributed by atoms with Crippen molar-refractivity contribution >= 4 is 22.6 Å². The van der Waals surface area contributed by atoms with Crippen LogP contribution >= 0.6 is 11.3 Å². The van der Waals surface area contributed by atoms with Crippen molar-refractivity contribution in [2.75, 3.05) is 13.1 Å². The van der Waals surface area contributed by atoms with E-state index in [9.17, 15) is 14.9 Å². The molecule has 0 unspecified atom stereocenters. The van der Waals surface area contributed by atoms with Gasteiger partial charge in [-0.2, -0.15) is 0 Å². The first-order valence-electron chi connectivity index (χ1n) is 7.55. The Hall–Kier alpha value is -1.74. The van der Waals surface area contributed by atoms with Gasteiger partial charge in [0.2, 0.25) is 0 Å². The summed E-state index contributed by atoms with van der Waals surface area (Å²) in [5, 5.41) is 15.6. The third-order valence-corrected chi connectivity index (χ3v) is 4.26. The molecule has 0 radical (unpaired) electrons. The minimum Gasteiger partial charge on any atom is -0.444 e. The fraction of sp³-hybridized carbons (Fsp3) is 0.714. The quantitative estimate of drug-likeness (QED) is 0.667. The predicted octanol–water partition coefficient (Wildman–Crippen LogP) is 2.54. The summed E-state index contributed by atoms with van der Waals surface area (Å²) in [6.45, 7) is 7.35. The van der Waals surface area contributed by atoms with Crippen LogP contribution < -0.4 is 5.32 Å². The van der Waals surface area contributed by atoms with Crippen LogP contribution in [0.25, 0.3) is 0 Å². The molecule has 0 atom stereocenters. The molecular formula is C14H22N4O4S. The topological polar surface area (TPSA) is 97.6 Å². The molecule has 23 heavy (non-hydrogen) atoms. The Morgan fingerprint density at radius 2 is 2.17 bits per heavy atom. The molecule has 1 aromatic rings. The first-order valence-corrected chi connectivity index (χ1v) is 8.42. The van der Waals surface area contributed by atoms with E-state index in [0.29, 0.717) is 25.3 Å². The van der Waals surface area contributed by atoms with Crippen molar-refractivity contribution in [1.82, 2.24) is 15.2 Å². The second-order valence-electron chi connectivity index (χ2n) is 6.50.